The average molecular weight is 930 g/mol. The molecule has 0 amide bonds. The molecule has 73 heavy (non-hydrogen) atoms. The normalized spacial score (nSPS) is 11.3. The number of benzene rings is 11. The van der Waals surface area contributed by atoms with Gasteiger partial charge in [-0.1, -0.05) is 243 Å². The average Bonchev–Trinajstić information content (AvgIpc) is 3.81. The second-order valence-corrected chi connectivity index (χ2v) is 18.5. The molecule has 0 saturated carbocycles. The highest BCUT2D eigenvalue weighted by atomic mass is 15.0. The van der Waals surface area contributed by atoms with E-state index >= 15 is 0 Å². The predicted molar refractivity (Wildman–Crippen MR) is 305 cm³/mol. The minimum atomic E-state index is 0.653. The van der Waals surface area contributed by atoms with E-state index in [1.807, 2.05) is 12.1 Å². The van der Waals surface area contributed by atoms with E-state index in [0.717, 1.165) is 94.9 Å². The van der Waals surface area contributed by atoms with E-state index < -0.39 is 0 Å². The third kappa shape index (κ3) is 8.19. The van der Waals surface area contributed by atoms with Gasteiger partial charge >= 0.3 is 0 Å². The zero-order valence-electron chi connectivity index (χ0n) is 40.0. The maximum Gasteiger partial charge on any atom is 0.160 e. The summed E-state index contributed by atoms with van der Waals surface area (Å²) in [7, 11) is 0. The molecule has 3 heteroatoms. The van der Waals surface area contributed by atoms with Crippen molar-refractivity contribution in [3.05, 3.63) is 285 Å². The second-order valence-electron chi connectivity index (χ2n) is 18.5. The summed E-state index contributed by atoms with van der Waals surface area (Å²) < 4.78 is 2.57. The fourth-order valence-electron chi connectivity index (χ4n) is 10.6. The molecule has 2 aromatic heterocycles. The van der Waals surface area contributed by atoms with Crippen molar-refractivity contribution in [1.82, 2.24) is 14.5 Å². The molecule has 13 aromatic rings. The van der Waals surface area contributed by atoms with Crippen molar-refractivity contribution in [2.75, 3.05) is 0 Å². The van der Waals surface area contributed by atoms with Crippen LogP contribution in [0.25, 0.3) is 128 Å². The number of hydrogen-bond acceptors (Lipinski definition) is 2. The summed E-state index contributed by atoms with van der Waals surface area (Å²) >= 11 is 0. The van der Waals surface area contributed by atoms with Crippen molar-refractivity contribution in [3.63, 3.8) is 0 Å². The molecule has 0 fully saturated rings. The molecule has 2 heterocycles. The number of rotatable bonds is 10. The van der Waals surface area contributed by atoms with Gasteiger partial charge in [0.25, 0.3) is 0 Å². The van der Waals surface area contributed by atoms with Gasteiger partial charge in [0.2, 0.25) is 0 Å². The van der Waals surface area contributed by atoms with Crippen molar-refractivity contribution in [3.8, 4) is 106 Å². The first-order chi connectivity index (χ1) is 36.2. The number of nitrogens with zero attached hydrogens (tertiary/aromatic N) is 3. The third-order valence-electron chi connectivity index (χ3n) is 14.0. The summed E-state index contributed by atoms with van der Waals surface area (Å²) in [6, 6.07) is 102. The highest BCUT2D eigenvalue weighted by Gasteiger charge is 2.26. The summed E-state index contributed by atoms with van der Waals surface area (Å²) in [5.41, 5.74) is 21.6. The molecule has 0 bridgehead atoms. The van der Waals surface area contributed by atoms with E-state index in [9.17, 15) is 0 Å². The van der Waals surface area contributed by atoms with Crippen LogP contribution in [-0.2, 0) is 0 Å². The van der Waals surface area contributed by atoms with Crippen LogP contribution in [-0.4, -0.2) is 14.5 Å². The Bertz CT molecular complexity index is 3950. The molecule has 13 rings (SSSR count). The van der Waals surface area contributed by atoms with Crippen LogP contribution in [0, 0.1) is 0 Å². The summed E-state index contributed by atoms with van der Waals surface area (Å²) in [4.78, 5) is 10.8. The van der Waals surface area contributed by atoms with Crippen LogP contribution >= 0.6 is 0 Å². The van der Waals surface area contributed by atoms with Gasteiger partial charge < -0.3 is 4.57 Å². The van der Waals surface area contributed by atoms with Crippen LogP contribution in [0.5, 0.6) is 0 Å². The van der Waals surface area contributed by atoms with Crippen LogP contribution in [0.1, 0.15) is 0 Å². The maximum atomic E-state index is 5.42. The van der Waals surface area contributed by atoms with Crippen LogP contribution in [0.4, 0.5) is 0 Å². The molecule has 0 unspecified atom stereocenters. The van der Waals surface area contributed by atoms with Crippen LogP contribution in [0.2, 0.25) is 0 Å². The van der Waals surface area contributed by atoms with Gasteiger partial charge in [-0.15, -0.1) is 0 Å². The van der Waals surface area contributed by atoms with Gasteiger partial charge in [0.05, 0.1) is 28.1 Å². The molecule has 0 aliphatic heterocycles. The third-order valence-corrected chi connectivity index (χ3v) is 14.0. The monoisotopic (exact) mass is 929 g/mol. The first-order valence-corrected chi connectivity index (χ1v) is 24.9. The highest BCUT2D eigenvalue weighted by Crippen LogP contribution is 2.49. The Hall–Kier alpha value is -9.70. The van der Waals surface area contributed by atoms with Gasteiger partial charge in [0.15, 0.2) is 5.82 Å². The van der Waals surface area contributed by atoms with E-state index in [4.69, 9.17) is 9.97 Å². The number of hydrogen-bond donors (Lipinski definition) is 0. The molecule has 0 aliphatic rings. The summed E-state index contributed by atoms with van der Waals surface area (Å²) in [6.45, 7) is 0. The Labute approximate surface area is 425 Å². The van der Waals surface area contributed by atoms with E-state index in [-0.39, 0.29) is 0 Å². The second kappa shape index (κ2) is 18.9. The maximum absolute atomic E-state index is 5.42. The zero-order valence-corrected chi connectivity index (χ0v) is 40.0. The standard InChI is InChI=1S/C70H47N3/c1-9-25-48(26-10-1)56-41-60(51-31-15-4-16-32-51)68-63-45-58(49-27-11-2-12-28-49)59(50-29-13-3-14-30-50)46-66(63)73(67(68)44-56)69-61(52-33-17-5-18-34-52)42-57(43-62(69)53-35-19-6-20-36-53)70-71-64(54-37-21-7-22-38-54)47-65(72-70)55-39-23-8-24-40-55/h1-47H. The Kier molecular flexibility index (Phi) is 11.2. The molecular weight excluding hydrogens is 883 g/mol. The van der Waals surface area contributed by atoms with Crippen LogP contribution < -0.4 is 0 Å². The van der Waals surface area contributed by atoms with Crippen LogP contribution in [0.3, 0.4) is 0 Å². The van der Waals surface area contributed by atoms with E-state index in [2.05, 4.69) is 278 Å². The molecule has 0 spiro atoms. The van der Waals surface area contributed by atoms with Gasteiger partial charge in [-0.2, -0.15) is 0 Å². The summed E-state index contributed by atoms with van der Waals surface area (Å²) in [5, 5.41) is 2.35. The van der Waals surface area contributed by atoms with Gasteiger partial charge in [-0.25, -0.2) is 9.97 Å². The first kappa shape index (κ1) is 43.3. The van der Waals surface area contributed by atoms with Crippen molar-refractivity contribution < 1.29 is 0 Å². The highest BCUT2D eigenvalue weighted by molar-refractivity contribution is 6.20. The van der Waals surface area contributed by atoms with Crippen molar-refractivity contribution in [2.45, 2.75) is 0 Å². The fourth-order valence-corrected chi connectivity index (χ4v) is 10.6. The summed E-state index contributed by atoms with van der Waals surface area (Å²) in [5.74, 6) is 0.653. The lowest BCUT2D eigenvalue weighted by atomic mass is 9.90. The van der Waals surface area contributed by atoms with Crippen LogP contribution in [0.15, 0.2) is 285 Å². The zero-order chi connectivity index (χ0) is 48.5. The lowest BCUT2D eigenvalue weighted by Crippen LogP contribution is -2.03. The first-order valence-electron chi connectivity index (χ1n) is 24.9. The van der Waals surface area contributed by atoms with E-state index in [1.54, 1.807) is 0 Å². The Morgan fingerprint density at radius 2 is 0.575 bits per heavy atom. The van der Waals surface area contributed by atoms with Gasteiger partial charge in [0, 0.05) is 38.6 Å². The molecule has 0 atom stereocenters. The summed E-state index contributed by atoms with van der Waals surface area (Å²) in [6.07, 6.45) is 0. The molecule has 342 valence electrons. The smallest absolute Gasteiger partial charge is 0.160 e. The molecular formula is C70H47N3. The molecule has 0 aliphatic carbocycles. The molecule has 0 radical (unpaired) electrons. The molecule has 3 nitrogen and oxygen atoms in total. The quantitative estimate of drug-likeness (QED) is 0.137. The Balaban J connectivity index is 1.21. The Morgan fingerprint density at radius 1 is 0.233 bits per heavy atom. The number of fused-ring (bicyclic) bond motifs is 3. The largest absolute Gasteiger partial charge is 0.308 e. The lowest BCUT2D eigenvalue weighted by Gasteiger charge is -2.22. The fraction of sp³-hybridized carbons (Fsp3) is 0. The Morgan fingerprint density at radius 3 is 1.00 bits per heavy atom. The number of aromatic nitrogens is 3. The van der Waals surface area contributed by atoms with Crippen molar-refractivity contribution in [2.24, 2.45) is 0 Å². The van der Waals surface area contributed by atoms with Gasteiger partial charge in [-0.05, 0) is 98.1 Å². The predicted octanol–water partition coefficient (Wildman–Crippen LogP) is 18.6. The van der Waals surface area contributed by atoms with E-state index in [1.165, 1.54) is 27.5 Å². The lowest BCUT2D eigenvalue weighted by molar-refractivity contribution is 1.17. The minimum absolute atomic E-state index is 0.653. The minimum Gasteiger partial charge on any atom is -0.308 e. The topological polar surface area (TPSA) is 30.7 Å². The molecule has 0 N–H and O–H groups in total. The SMILES string of the molecule is c1ccc(-c2cc(-c3ccccc3)c3c4cc(-c5ccccc5)c(-c5ccccc5)cc4n(-c4c(-c5ccccc5)cc(-c5nc(-c6ccccc6)cc(-c6ccccc6)n5)cc4-c4ccccc4)c3c2)cc1. The molecule has 0 saturated heterocycles. The van der Waals surface area contributed by atoms with Gasteiger partial charge in [-0.3, -0.25) is 0 Å². The van der Waals surface area contributed by atoms with Crippen molar-refractivity contribution in [1.29, 1.82) is 0 Å². The van der Waals surface area contributed by atoms with Gasteiger partial charge in [0.1, 0.15) is 0 Å². The molecule has 11 aromatic carbocycles. The van der Waals surface area contributed by atoms with Crippen molar-refractivity contribution >= 4 is 21.8 Å². The van der Waals surface area contributed by atoms with E-state index in [0.29, 0.717) is 5.82 Å².